The highest BCUT2D eigenvalue weighted by atomic mass is 16.5. The second-order valence-corrected chi connectivity index (χ2v) is 3.59. The molecule has 2 rings (SSSR count). The lowest BCUT2D eigenvalue weighted by Crippen LogP contribution is -2.06. The zero-order valence-electron chi connectivity index (χ0n) is 9.07. The molecule has 1 aromatic heterocycles. The molecule has 0 unspecified atom stereocenters. The largest absolute Gasteiger partial charge is 0.456 e. The number of benzene rings is 1. The molecule has 0 bridgehead atoms. The van der Waals surface area contributed by atoms with Gasteiger partial charge in [-0.1, -0.05) is 24.3 Å². The SMILES string of the molecule is Cc1ccccc1COC(=O)c1ccc[nH]1. The zero-order valence-corrected chi connectivity index (χ0v) is 9.07. The fourth-order valence-corrected chi connectivity index (χ4v) is 1.45. The Morgan fingerprint density at radius 3 is 2.75 bits per heavy atom. The quantitative estimate of drug-likeness (QED) is 0.800. The average molecular weight is 215 g/mol. The van der Waals surface area contributed by atoms with Crippen LogP contribution in [0.3, 0.4) is 0 Å². The number of H-pyrrole nitrogens is 1. The first-order valence-electron chi connectivity index (χ1n) is 5.12. The highest BCUT2D eigenvalue weighted by Gasteiger charge is 2.07. The maximum Gasteiger partial charge on any atom is 0.355 e. The first-order valence-corrected chi connectivity index (χ1v) is 5.12. The van der Waals surface area contributed by atoms with Crippen molar-refractivity contribution in [2.24, 2.45) is 0 Å². The van der Waals surface area contributed by atoms with Gasteiger partial charge in [-0.15, -0.1) is 0 Å². The normalized spacial score (nSPS) is 10.1. The van der Waals surface area contributed by atoms with E-state index in [1.807, 2.05) is 31.2 Å². The van der Waals surface area contributed by atoms with Crippen molar-refractivity contribution in [2.45, 2.75) is 13.5 Å². The van der Waals surface area contributed by atoms with Crippen molar-refractivity contribution >= 4 is 5.97 Å². The minimum absolute atomic E-state index is 0.310. The van der Waals surface area contributed by atoms with Crippen molar-refractivity contribution in [1.82, 2.24) is 4.98 Å². The molecule has 0 aliphatic heterocycles. The highest BCUT2D eigenvalue weighted by molar-refractivity contribution is 5.87. The molecule has 0 aliphatic rings. The minimum atomic E-state index is -0.326. The maximum absolute atomic E-state index is 11.5. The Hall–Kier alpha value is -2.03. The average Bonchev–Trinajstić information content (AvgIpc) is 2.81. The lowest BCUT2D eigenvalue weighted by molar-refractivity contribution is 0.0466. The summed E-state index contributed by atoms with van der Waals surface area (Å²) in [6.45, 7) is 2.31. The van der Waals surface area contributed by atoms with Crippen LogP contribution in [0.4, 0.5) is 0 Å². The van der Waals surface area contributed by atoms with Gasteiger partial charge >= 0.3 is 5.97 Å². The number of ether oxygens (including phenoxy) is 1. The van der Waals surface area contributed by atoms with Gasteiger partial charge in [-0.3, -0.25) is 0 Å². The van der Waals surface area contributed by atoms with Gasteiger partial charge in [0.15, 0.2) is 0 Å². The van der Waals surface area contributed by atoms with Crippen molar-refractivity contribution in [3.63, 3.8) is 0 Å². The molecule has 0 aliphatic carbocycles. The lowest BCUT2D eigenvalue weighted by atomic mass is 10.1. The number of rotatable bonds is 3. The highest BCUT2D eigenvalue weighted by Crippen LogP contribution is 2.09. The Bertz CT molecular complexity index is 474. The Morgan fingerprint density at radius 1 is 1.25 bits per heavy atom. The van der Waals surface area contributed by atoms with Gasteiger partial charge in [0.25, 0.3) is 0 Å². The molecule has 1 N–H and O–H groups in total. The monoisotopic (exact) mass is 215 g/mol. The molecule has 0 atom stereocenters. The van der Waals surface area contributed by atoms with Crippen LogP contribution >= 0.6 is 0 Å². The van der Waals surface area contributed by atoms with Gasteiger partial charge < -0.3 is 9.72 Å². The topological polar surface area (TPSA) is 42.1 Å². The Balaban J connectivity index is 1.98. The molecule has 16 heavy (non-hydrogen) atoms. The number of aromatic amines is 1. The number of nitrogens with one attached hydrogen (secondary N) is 1. The third-order valence-corrected chi connectivity index (χ3v) is 2.44. The van der Waals surface area contributed by atoms with E-state index in [-0.39, 0.29) is 5.97 Å². The molecule has 0 radical (unpaired) electrons. The molecule has 0 amide bonds. The number of carbonyl (C=O) groups is 1. The number of hydrogen-bond acceptors (Lipinski definition) is 2. The van der Waals surface area contributed by atoms with Crippen LogP contribution in [0.25, 0.3) is 0 Å². The summed E-state index contributed by atoms with van der Waals surface area (Å²) in [5.41, 5.74) is 2.64. The summed E-state index contributed by atoms with van der Waals surface area (Å²) in [6, 6.07) is 11.3. The summed E-state index contributed by atoms with van der Waals surface area (Å²) in [5.74, 6) is -0.326. The maximum atomic E-state index is 11.5. The van der Waals surface area contributed by atoms with E-state index in [0.717, 1.165) is 11.1 Å². The lowest BCUT2D eigenvalue weighted by Gasteiger charge is -2.06. The molecular formula is C13H13NO2. The van der Waals surface area contributed by atoms with Crippen LogP contribution in [-0.2, 0) is 11.3 Å². The van der Waals surface area contributed by atoms with E-state index in [9.17, 15) is 4.79 Å². The second-order valence-electron chi connectivity index (χ2n) is 3.59. The van der Waals surface area contributed by atoms with Crippen molar-refractivity contribution in [3.8, 4) is 0 Å². The van der Waals surface area contributed by atoms with E-state index < -0.39 is 0 Å². The zero-order chi connectivity index (χ0) is 11.4. The van der Waals surface area contributed by atoms with Crippen molar-refractivity contribution in [3.05, 3.63) is 59.4 Å². The minimum Gasteiger partial charge on any atom is -0.456 e. The van der Waals surface area contributed by atoms with Gasteiger partial charge in [0, 0.05) is 6.20 Å². The summed E-state index contributed by atoms with van der Waals surface area (Å²) in [4.78, 5) is 14.4. The molecule has 82 valence electrons. The first-order chi connectivity index (χ1) is 7.77. The van der Waals surface area contributed by atoms with E-state index in [1.54, 1.807) is 18.3 Å². The van der Waals surface area contributed by atoms with Gasteiger partial charge in [0.2, 0.25) is 0 Å². The molecule has 2 aromatic rings. The summed E-state index contributed by atoms with van der Waals surface area (Å²) in [5, 5.41) is 0. The molecule has 0 spiro atoms. The molecular weight excluding hydrogens is 202 g/mol. The van der Waals surface area contributed by atoms with E-state index in [2.05, 4.69) is 4.98 Å². The van der Waals surface area contributed by atoms with Gasteiger partial charge in [0.05, 0.1) is 0 Å². The molecule has 0 saturated carbocycles. The predicted molar refractivity (Wildman–Crippen MR) is 61.1 cm³/mol. The summed E-state index contributed by atoms with van der Waals surface area (Å²) in [6.07, 6.45) is 1.70. The van der Waals surface area contributed by atoms with Crippen LogP contribution in [0, 0.1) is 6.92 Å². The standard InChI is InChI=1S/C13H13NO2/c1-10-5-2-3-6-11(10)9-16-13(15)12-7-4-8-14-12/h2-8,14H,9H2,1H3. The van der Waals surface area contributed by atoms with Crippen LogP contribution in [0.5, 0.6) is 0 Å². The Kier molecular flexibility index (Phi) is 3.05. The fourth-order valence-electron chi connectivity index (χ4n) is 1.45. The third kappa shape index (κ3) is 2.31. The number of carbonyl (C=O) groups excluding carboxylic acids is 1. The van der Waals surface area contributed by atoms with Gasteiger partial charge in [-0.25, -0.2) is 4.79 Å². The summed E-state index contributed by atoms with van der Waals surface area (Å²) >= 11 is 0. The molecule has 0 fully saturated rings. The first kappa shape index (κ1) is 10.5. The van der Waals surface area contributed by atoms with E-state index in [4.69, 9.17) is 4.74 Å². The van der Waals surface area contributed by atoms with Gasteiger partial charge in [-0.05, 0) is 30.2 Å². The summed E-state index contributed by atoms with van der Waals surface area (Å²) in [7, 11) is 0. The van der Waals surface area contributed by atoms with Crippen molar-refractivity contribution in [2.75, 3.05) is 0 Å². The van der Waals surface area contributed by atoms with Crippen molar-refractivity contribution in [1.29, 1.82) is 0 Å². The fraction of sp³-hybridized carbons (Fsp3) is 0.154. The Labute approximate surface area is 94.1 Å². The number of aryl methyl sites for hydroxylation is 1. The van der Waals surface area contributed by atoms with Gasteiger partial charge in [0.1, 0.15) is 12.3 Å². The molecule has 1 aromatic carbocycles. The smallest absolute Gasteiger partial charge is 0.355 e. The predicted octanol–water partition coefficient (Wildman–Crippen LogP) is 2.68. The molecule has 3 heteroatoms. The Morgan fingerprint density at radius 2 is 2.06 bits per heavy atom. The van der Waals surface area contributed by atoms with Crippen LogP contribution in [0.1, 0.15) is 21.6 Å². The van der Waals surface area contributed by atoms with Gasteiger partial charge in [-0.2, -0.15) is 0 Å². The van der Waals surface area contributed by atoms with Crippen LogP contribution < -0.4 is 0 Å². The number of aromatic nitrogens is 1. The molecule has 1 heterocycles. The van der Waals surface area contributed by atoms with Crippen LogP contribution in [-0.4, -0.2) is 11.0 Å². The van der Waals surface area contributed by atoms with E-state index in [0.29, 0.717) is 12.3 Å². The number of esters is 1. The van der Waals surface area contributed by atoms with Crippen LogP contribution in [0.2, 0.25) is 0 Å². The van der Waals surface area contributed by atoms with E-state index >= 15 is 0 Å². The van der Waals surface area contributed by atoms with E-state index in [1.165, 1.54) is 0 Å². The van der Waals surface area contributed by atoms with Crippen molar-refractivity contribution < 1.29 is 9.53 Å². The molecule has 3 nitrogen and oxygen atoms in total. The third-order valence-electron chi connectivity index (χ3n) is 2.44. The number of hydrogen-bond donors (Lipinski definition) is 1. The summed E-state index contributed by atoms with van der Waals surface area (Å²) < 4.78 is 5.18. The molecule has 0 saturated heterocycles. The van der Waals surface area contributed by atoms with Crippen LogP contribution in [0.15, 0.2) is 42.6 Å². The second kappa shape index (κ2) is 4.66.